The smallest absolute Gasteiger partial charge is 0.249 e. The normalized spacial score (nSPS) is 16.3. The molecule has 0 bridgehead atoms. The Balaban J connectivity index is 1.92. The van der Waals surface area contributed by atoms with Gasteiger partial charge in [0.1, 0.15) is 0 Å². The monoisotopic (exact) mass is 263 g/mol. The highest BCUT2D eigenvalue weighted by molar-refractivity contribution is 6.33. The van der Waals surface area contributed by atoms with Crippen molar-refractivity contribution in [1.82, 2.24) is 10.2 Å². The van der Waals surface area contributed by atoms with E-state index in [1.54, 1.807) is 12.1 Å². The molecule has 94 valence electrons. The van der Waals surface area contributed by atoms with Gasteiger partial charge in [0.15, 0.2) is 0 Å². The summed E-state index contributed by atoms with van der Waals surface area (Å²) in [7, 11) is 0. The zero-order chi connectivity index (χ0) is 12.5. The summed E-state index contributed by atoms with van der Waals surface area (Å²) in [6.07, 6.45) is 4.75. The van der Waals surface area contributed by atoms with Crippen molar-refractivity contribution in [2.75, 3.05) is 5.73 Å². The maximum Gasteiger partial charge on any atom is 0.249 e. The molecule has 1 heterocycles. The van der Waals surface area contributed by atoms with E-state index in [1.807, 2.05) is 6.07 Å². The minimum atomic E-state index is 0.416. The van der Waals surface area contributed by atoms with E-state index in [4.69, 9.17) is 21.8 Å². The molecule has 1 aliphatic carbocycles. The van der Waals surface area contributed by atoms with Crippen molar-refractivity contribution >= 4 is 17.3 Å². The second-order valence-electron chi connectivity index (χ2n) is 4.67. The van der Waals surface area contributed by atoms with E-state index in [1.165, 1.54) is 12.8 Å². The van der Waals surface area contributed by atoms with Crippen molar-refractivity contribution in [1.29, 1.82) is 0 Å². The first-order valence-corrected chi connectivity index (χ1v) is 6.50. The average Bonchev–Trinajstić information content (AvgIpc) is 2.99. The number of rotatable bonds is 2. The Morgan fingerprint density at radius 3 is 2.72 bits per heavy atom. The third-order valence-electron chi connectivity index (χ3n) is 3.37. The lowest BCUT2D eigenvalue weighted by molar-refractivity contribution is 0.457. The van der Waals surface area contributed by atoms with E-state index in [2.05, 4.69) is 10.2 Å². The lowest BCUT2D eigenvalue weighted by Gasteiger charge is -2.02. The summed E-state index contributed by atoms with van der Waals surface area (Å²) in [6, 6.07) is 5.28. The van der Waals surface area contributed by atoms with Gasteiger partial charge in [0.2, 0.25) is 11.8 Å². The number of anilines is 1. The van der Waals surface area contributed by atoms with E-state index in [9.17, 15) is 0 Å². The lowest BCUT2D eigenvalue weighted by atomic mass is 10.1. The average molecular weight is 264 g/mol. The van der Waals surface area contributed by atoms with Gasteiger partial charge in [0.25, 0.3) is 0 Å². The van der Waals surface area contributed by atoms with Crippen LogP contribution in [0.4, 0.5) is 5.69 Å². The Labute approximate surface area is 110 Å². The molecule has 18 heavy (non-hydrogen) atoms. The van der Waals surface area contributed by atoms with Crippen LogP contribution in [-0.4, -0.2) is 10.2 Å². The first-order valence-electron chi connectivity index (χ1n) is 6.13. The summed E-state index contributed by atoms with van der Waals surface area (Å²) in [5.41, 5.74) is 7.02. The van der Waals surface area contributed by atoms with Crippen molar-refractivity contribution in [2.24, 2.45) is 0 Å². The molecule has 0 unspecified atom stereocenters. The standard InChI is InChI=1S/C13H14ClN3O/c14-11-7-9(15)5-6-10(11)13-17-16-12(18-13)8-3-1-2-4-8/h5-8H,1-4,15H2. The van der Waals surface area contributed by atoms with Gasteiger partial charge in [0, 0.05) is 11.6 Å². The van der Waals surface area contributed by atoms with Crippen LogP contribution in [0.5, 0.6) is 0 Å². The Morgan fingerprint density at radius 2 is 2.00 bits per heavy atom. The van der Waals surface area contributed by atoms with Crippen LogP contribution in [0.15, 0.2) is 22.6 Å². The topological polar surface area (TPSA) is 64.9 Å². The van der Waals surface area contributed by atoms with Crippen LogP contribution in [-0.2, 0) is 0 Å². The van der Waals surface area contributed by atoms with Gasteiger partial charge < -0.3 is 10.2 Å². The summed E-state index contributed by atoms with van der Waals surface area (Å²) < 4.78 is 5.73. The lowest BCUT2D eigenvalue weighted by Crippen LogP contribution is -1.91. The van der Waals surface area contributed by atoms with E-state index >= 15 is 0 Å². The molecule has 1 fully saturated rings. The number of benzene rings is 1. The van der Waals surface area contributed by atoms with Gasteiger partial charge in [-0.2, -0.15) is 0 Å². The fourth-order valence-electron chi connectivity index (χ4n) is 2.39. The van der Waals surface area contributed by atoms with Crippen molar-refractivity contribution in [3.8, 4) is 11.5 Å². The van der Waals surface area contributed by atoms with Crippen LogP contribution in [0.2, 0.25) is 5.02 Å². The van der Waals surface area contributed by atoms with Gasteiger partial charge in [-0.25, -0.2) is 0 Å². The number of hydrogen-bond donors (Lipinski definition) is 1. The van der Waals surface area contributed by atoms with Gasteiger partial charge in [-0.1, -0.05) is 24.4 Å². The van der Waals surface area contributed by atoms with Gasteiger partial charge in [-0.3, -0.25) is 0 Å². The van der Waals surface area contributed by atoms with Crippen LogP contribution in [0, 0.1) is 0 Å². The predicted octanol–water partition coefficient (Wildman–Crippen LogP) is 3.63. The quantitative estimate of drug-likeness (QED) is 0.841. The molecular weight excluding hydrogens is 250 g/mol. The Bertz CT molecular complexity index is 561. The second-order valence-corrected chi connectivity index (χ2v) is 5.07. The molecule has 1 aromatic carbocycles. The molecule has 0 amide bonds. The van der Waals surface area contributed by atoms with E-state index < -0.39 is 0 Å². The first-order chi connectivity index (χ1) is 8.74. The molecule has 0 aliphatic heterocycles. The summed E-state index contributed by atoms with van der Waals surface area (Å²) >= 11 is 6.13. The van der Waals surface area contributed by atoms with Gasteiger partial charge in [-0.05, 0) is 31.0 Å². The van der Waals surface area contributed by atoms with E-state index in [0.717, 1.165) is 24.3 Å². The molecule has 0 atom stereocenters. The Kier molecular flexibility index (Phi) is 2.96. The van der Waals surface area contributed by atoms with Crippen LogP contribution >= 0.6 is 11.6 Å². The molecule has 0 radical (unpaired) electrons. The first kappa shape index (κ1) is 11.5. The van der Waals surface area contributed by atoms with E-state index in [-0.39, 0.29) is 0 Å². The number of nitrogen functional groups attached to an aromatic ring is 1. The molecule has 2 aromatic rings. The van der Waals surface area contributed by atoms with Crippen molar-refractivity contribution in [3.63, 3.8) is 0 Å². The number of hydrogen-bond acceptors (Lipinski definition) is 4. The largest absolute Gasteiger partial charge is 0.420 e. The SMILES string of the molecule is Nc1ccc(-c2nnc(C3CCCC3)o2)c(Cl)c1. The van der Waals surface area contributed by atoms with Crippen LogP contribution in [0.3, 0.4) is 0 Å². The highest BCUT2D eigenvalue weighted by atomic mass is 35.5. The number of nitrogens with two attached hydrogens (primary N) is 1. The summed E-state index contributed by atoms with van der Waals surface area (Å²) in [5, 5.41) is 8.75. The van der Waals surface area contributed by atoms with Crippen molar-refractivity contribution in [3.05, 3.63) is 29.1 Å². The van der Waals surface area contributed by atoms with Crippen molar-refractivity contribution < 1.29 is 4.42 Å². The molecule has 0 spiro atoms. The third kappa shape index (κ3) is 2.08. The molecule has 4 nitrogen and oxygen atoms in total. The molecule has 0 saturated heterocycles. The number of aromatic nitrogens is 2. The highest BCUT2D eigenvalue weighted by Gasteiger charge is 2.23. The second kappa shape index (κ2) is 4.61. The Morgan fingerprint density at radius 1 is 1.22 bits per heavy atom. The molecule has 5 heteroatoms. The number of halogens is 1. The molecule has 2 N–H and O–H groups in total. The predicted molar refractivity (Wildman–Crippen MR) is 70.4 cm³/mol. The van der Waals surface area contributed by atoms with E-state index in [0.29, 0.717) is 22.5 Å². The highest BCUT2D eigenvalue weighted by Crippen LogP contribution is 2.35. The minimum absolute atomic E-state index is 0.416. The molecule has 1 aliphatic rings. The van der Waals surface area contributed by atoms with Crippen LogP contribution in [0.1, 0.15) is 37.5 Å². The molecular formula is C13H14ClN3O. The fraction of sp³-hybridized carbons (Fsp3) is 0.385. The minimum Gasteiger partial charge on any atom is -0.420 e. The van der Waals surface area contributed by atoms with Gasteiger partial charge in [-0.15, -0.1) is 10.2 Å². The fourth-order valence-corrected chi connectivity index (χ4v) is 2.66. The van der Waals surface area contributed by atoms with Crippen LogP contribution in [0.25, 0.3) is 11.5 Å². The summed E-state index contributed by atoms with van der Waals surface area (Å²) in [5.74, 6) is 1.62. The zero-order valence-corrected chi connectivity index (χ0v) is 10.7. The van der Waals surface area contributed by atoms with Crippen molar-refractivity contribution in [2.45, 2.75) is 31.6 Å². The Hall–Kier alpha value is -1.55. The zero-order valence-electron chi connectivity index (χ0n) is 9.90. The third-order valence-corrected chi connectivity index (χ3v) is 3.68. The summed E-state index contributed by atoms with van der Waals surface area (Å²) in [6.45, 7) is 0. The maximum atomic E-state index is 6.13. The van der Waals surface area contributed by atoms with Gasteiger partial charge in [0.05, 0.1) is 10.6 Å². The van der Waals surface area contributed by atoms with Crippen LogP contribution < -0.4 is 5.73 Å². The summed E-state index contributed by atoms with van der Waals surface area (Å²) in [4.78, 5) is 0. The molecule has 1 saturated carbocycles. The number of nitrogens with zero attached hydrogens (tertiary/aromatic N) is 2. The molecule has 1 aromatic heterocycles. The molecule has 3 rings (SSSR count). The maximum absolute atomic E-state index is 6.13. The van der Waals surface area contributed by atoms with Gasteiger partial charge >= 0.3 is 0 Å².